The van der Waals surface area contributed by atoms with E-state index in [4.69, 9.17) is 0 Å². The fourth-order valence-electron chi connectivity index (χ4n) is 1.67. The van der Waals surface area contributed by atoms with Crippen LogP contribution in [0.25, 0.3) is 0 Å². The van der Waals surface area contributed by atoms with Crippen LogP contribution in [-0.2, 0) is 0 Å². The fraction of sp³-hybridized carbons (Fsp3) is 0.333. The van der Waals surface area contributed by atoms with E-state index in [1.165, 1.54) is 19.1 Å². The van der Waals surface area contributed by atoms with Crippen LogP contribution in [0.15, 0.2) is 24.9 Å². The Morgan fingerprint density at radius 1 is 1.11 bits per heavy atom. The van der Waals surface area contributed by atoms with Crippen molar-refractivity contribution < 1.29 is 0 Å². The molecule has 1 unspecified atom stereocenters. The molecule has 18 heavy (non-hydrogen) atoms. The molecule has 2 aromatic heterocycles. The summed E-state index contributed by atoms with van der Waals surface area (Å²) in [6.07, 6.45) is 0. The Morgan fingerprint density at radius 3 is 2.17 bits per heavy atom. The Balaban J connectivity index is 2.39. The lowest BCUT2D eigenvalue weighted by Crippen LogP contribution is -2.20. The van der Waals surface area contributed by atoms with Crippen molar-refractivity contribution >= 4 is 70.5 Å². The van der Waals surface area contributed by atoms with Gasteiger partial charge < -0.3 is 5.32 Å². The van der Waals surface area contributed by atoms with Crippen LogP contribution < -0.4 is 5.32 Å². The smallest absolute Gasteiger partial charge is 0.0843 e. The van der Waals surface area contributed by atoms with Gasteiger partial charge in [-0.15, -0.1) is 22.7 Å². The highest BCUT2D eigenvalue weighted by Crippen LogP contribution is 2.40. The number of hydrogen-bond donors (Lipinski definition) is 1. The highest BCUT2D eigenvalue weighted by atomic mass is 79.9. The van der Waals surface area contributed by atoms with Crippen molar-refractivity contribution in [1.29, 1.82) is 0 Å². The number of nitrogens with one attached hydrogen (secondary N) is 1. The highest BCUT2D eigenvalue weighted by Gasteiger charge is 2.19. The third-order valence-corrected chi connectivity index (χ3v) is 8.04. The first kappa shape index (κ1) is 15.2. The van der Waals surface area contributed by atoms with Gasteiger partial charge in [0.2, 0.25) is 0 Å². The molecule has 0 amide bonds. The minimum absolute atomic E-state index is 0.276. The van der Waals surface area contributed by atoms with Crippen LogP contribution in [-0.4, -0.2) is 6.54 Å². The molecule has 2 aromatic rings. The van der Waals surface area contributed by atoms with Gasteiger partial charge >= 0.3 is 0 Å². The van der Waals surface area contributed by atoms with Crippen LogP contribution in [0.1, 0.15) is 27.6 Å². The zero-order chi connectivity index (χ0) is 13.3. The van der Waals surface area contributed by atoms with Gasteiger partial charge in [0.1, 0.15) is 0 Å². The number of halogens is 3. The minimum atomic E-state index is 0.276. The molecule has 2 rings (SSSR count). The number of aryl methyl sites for hydroxylation is 1. The lowest BCUT2D eigenvalue weighted by molar-refractivity contribution is 0.648. The van der Waals surface area contributed by atoms with Crippen molar-refractivity contribution in [2.75, 3.05) is 6.54 Å². The largest absolute Gasteiger partial charge is 0.305 e. The van der Waals surface area contributed by atoms with Gasteiger partial charge in [0.05, 0.1) is 9.83 Å². The first-order chi connectivity index (χ1) is 8.52. The van der Waals surface area contributed by atoms with Gasteiger partial charge in [0, 0.05) is 23.6 Å². The molecule has 0 aromatic carbocycles. The van der Waals surface area contributed by atoms with Crippen molar-refractivity contribution in [2.45, 2.75) is 19.9 Å². The van der Waals surface area contributed by atoms with Crippen LogP contribution >= 0.6 is 70.5 Å². The van der Waals surface area contributed by atoms with Crippen molar-refractivity contribution in [3.63, 3.8) is 0 Å². The molecule has 2 heterocycles. The summed E-state index contributed by atoms with van der Waals surface area (Å²) in [4.78, 5) is 3.99. The number of rotatable bonds is 4. The van der Waals surface area contributed by atoms with E-state index in [1.807, 2.05) is 11.3 Å². The third kappa shape index (κ3) is 3.27. The molecule has 0 aliphatic carbocycles. The Kier molecular flexibility index (Phi) is 5.49. The monoisotopic (exact) mass is 471 g/mol. The van der Waals surface area contributed by atoms with Crippen LogP contribution in [0.2, 0.25) is 0 Å². The molecular weight excluding hydrogens is 462 g/mol. The van der Waals surface area contributed by atoms with E-state index in [0.29, 0.717) is 0 Å². The predicted octanol–water partition coefficient (Wildman–Crippen LogP) is 6.10. The lowest BCUT2D eigenvalue weighted by Gasteiger charge is -2.14. The maximum Gasteiger partial charge on any atom is 0.0843 e. The zero-order valence-corrected chi connectivity index (χ0v) is 16.3. The molecule has 1 nitrogen and oxygen atoms in total. The molecule has 0 aliphatic heterocycles. The Labute approximate surface area is 140 Å². The van der Waals surface area contributed by atoms with Gasteiger partial charge in [0.15, 0.2) is 0 Å². The maximum atomic E-state index is 3.60. The van der Waals surface area contributed by atoms with Gasteiger partial charge in [-0.25, -0.2) is 0 Å². The first-order valence-corrected chi connectivity index (χ1v) is 9.48. The van der Waals surface area contributed by atoms with Crippen molar-refractivity contribution in [3.8, 4) is 0 Å². The Hall–Kier alpha value is 0.800. The van der Waals surface area contributed by atoms with Gasteiger partial charge in [-0.05, 0) is 73.4 Å². The molecule has 0 bridgehead atoms. The summed E-state index contributed by atoms with van der Waals surface area (Å²) in [5.74, 6) is 0. The van der Waals surface area contributed by atoms with E-state index in [1.54, 1.807) is 11.3 Å². The lowest BCUT2D eigenvalue weighted by atomic mass is 10.2. The Bertz CT molecular complexity index is 462. The fourth-order valence-corrected chi connectivity index (χ4v) is 5.59. The summed E-state index contributed by atoms with van der Waals surface area (Å²) in [5, 5.41) is 3.55. The molecule has 6 heteroatoms. The SMILES string of the molecule is CCNC(c1cc(Br)c(C)s1)c1cc(Br)c(Br)s1. The maximum absolute atomic E-state index is 3.60. The standard InChI is InChI=1S/C12H12Br3NS2/c1-3-16-11(9-4-7(13)6(2)17-9)10-5-8(14)12(15)18-10/h4-5,11,16H,3H2,1-2H3. The van der Waals surface area contributed by atoms with Crippen LogP contribution in [0, 0.1) is 6.92 Å². The molecule has 0 spiro atoms. The van der Waals surface area contributed by atoms with E-state index in [-0.39, 0.29) is 6.04 Å². The number of thiophene rings is 2. The van der Waals surface area contributed by atoms with Crippen LogP contribution in [0.3, 0.4) is 0 Å². The number of hydrogen-bond acceptors (Lipinski definition) is 3. The summed E-state index contributed by atoms with van der Waals surface area (Å²) in [6.45, 7) is 5.23. The summed E-state index contributed by atoms with van der Waals surface area (Å²) in [7, 11) is 0. The summed E-state index contributed by atoms with van der Waals surface area (Å²) < 4.78 is 3.46. The van der Waals surface area contributed by atoms with E-state index in [2.05, 4.69) is 79.1 Å². The Morgan fingerprint density at radius 2 is 1.72 bits per heavy atom. The third-order valence-electron chi connectivity index (χ3n) is 2.52. The molecule has 1 N–H and O–H groups in total. The summed E-state index contributed by atoms with van der Waals surface area (Å²) in [5.41, 5.74) is 0. The molecule has 1 atom stereocenters. The normalized spacial score (nSPS) is 12.9. The molecule has 0 fully saturated rings. The molecular formula is C12H12Br3NS2. The van der Waals surface area contributed by atoms with E-state index in [0.717, 1.165) is 14.8 Å². The molecule has 0 radical (unpaired) electrons. The topological polar surface area (TPSA) is 12.0 Å². The summed E-state index contributed by atoms with van der Waals surface area (Å²) in [6, 6.07) is 4.68. The van der Waals surface area contributed by atoms with Crippen molar-refractivity contribution in [3.05, 3.63) is 39.5 Å². The van der Waals surface area contributed by atoms with E-state index < -0.39 is 0 Å². The second-order valence-corrected chi connectivity index (χ2v) is 9.21. The second kappa shape index (κ2) is 6.50. The zero-order valence-electron chi connectivity index (χ0n) is 9.89. The summed E-state index contributed by atoms with van der Waals surface area (Å²) >= 11 is 14.3. The van der Waals surface area contributed by atoms with Crippen molar-refractivity contribution in [1.82, 2.24) is 5.32 Å². The van der Waals surface area contributed by atoms with Gasteiger partial charge in [-0.1, -0.05) is 6.92 Å². The van der Waals surface area contributed by atoms with Gasteiger partial charge in [-0.3, -0.25) is 0 Å². The quantitative estimate of drug-likeness (QED) is 0.565. The minimum Gasteiger partial charge on any atom is -0.305 e. The van der Waals surface area contributed by atoms with Crippen LogP contribution in [0.4, 0.5) is 0 Å². The van der Waals surface area contributed by atoms with Crippen LogP contribution in [0.5, 0.6) is 0 Å². The molecule has 0 saturated heterocycles. The average molecular weight is 474 g/mol. The van der Waals surface area contributed by atoms with E-state index >= 15 is 0 Å². The predicted molar refractivity (Wildman–Crippen MR) is 92.0 cm³/mol. The molecule has 0 aliphatic rings. The molecule has 0 saturated carbocycles. The highest BCUT2D eigenvalue weighted by molar-refractivity contribution is 9.13. The van der Waals surface area contributed by atoms with Gasteiger partial charge in [0.25, 0.3) is 0 Å². The van der Waals surface area contributed by atoms with E-state index in [9.17, 15) is 0 Å². The van der Waals surface area contributed by atoms with Gasteiger partial charge in [-0.2, -0.15) is 0 Å². The van der Waals surface area contributed by atoms with Crippen molar-refractivity contribution in [2.24, 2.45) is 0 Å². The average Bonchev–Trinajstić information content (AvgIpc) is 2.81. The first-order valence-electron chi connectivity index (χ1n) is 5.46. The second-order valence-electron chi connectivity index (χ2n) is 3.81. The molecule has 98 valence electrons.